The van der Waals surface area contributed by atoms with Crippen molar-refractivity contribution in [3.8, 4) is 5.75 Å². The Labute approximate surface area is 129 Å². The summed E-state index contributed by atoms with van der Waals surface area (Å²) in [6.45, 7) is 1.85. The van der Waals surface area contributed by atoms with Crippen LogP contribution in [-0.2, 0) is 0 Å². The van der Waals surface area contributed by atoms with Crippen LogP contribution in [0.15, 0.2) is 45.0 Å². The standard InChI is InChI=1S/C13H9BrCl2N2O/c1-7-9(15)3-2-4-11(7)17-18-12-6-8(14)5-10(16)13(12)19/h2-6,19H,1H3. The molecule has 2 aromatic carbocycles. The van der Waals surface area contributed by atoms with Gasteiger partial charge in [-0.15, -0.1) is 5.11 Å². The lowest BCUT2D eigenvalue weighted by atomic mass is 10.2. The second-order valence-electron chi connectivity index (χ2n) is 3.84. The van der Waals surface area contributed by atoms with Crippen LogP contribution in [0.1, 0.15) is 5.56 Å². The van der Waals surface area contributed by atoms with E-state index in [-0.39, 0.29) is 10.8 Å². The zero-order chi connectivity index (χ0) is 14.0. The van der Waals surface area contributed by atoms with Gasteiger partial charge in [-0.05, 0) is 36.8 Å². The molecule has 0 fully saturated rings. The van der Waals surface area contributed by atoms with Crippen LogP contribution in [0.3, 0.4) is 0 Å². The normalized spacial score (nSPS) is 11.2. The van der Waals surface area contributed by atoms with Gasteiger partial charge in [-0.1, -0.05) is 45.2 Å². The Morgan fingerprint density at radius 1 is 1.05 bits per heavy atom. The highest BCUT2D eigenvalue weighted by Gasteiger charge is 2.07. The molecule has 0 aliphatic rings. The number of benzene rings is 2. The molecule has 0 atom stereocenters. The highest BCUT2D eigenvalue weighted by atomic mass is 79.9. The minimum atomic E-state index is -0.103. The van der Waals surface area contributed by atoms with Gasteiger partial charge in [0.25, 0.3) is 0 Å². The van der Waals surface area contributed by atoms with Crippen LogP contribution < -0.4 is 0 Å². The average Bonchev–Trinajstić information content (AvgIpc) is 2.36. The van der Waals surface area contributed by atoms with E-state index in [9.17, 15) is 5.11 Å². The van der Waals surface area contributed by atoms with Gasteiger partial charge in [0, 0.05) is 9.50 Å². The molecule has 0 aromatic heterocycles. The van der Waals surface area contributed by atoms with Crippen molar-refractivity contribution in [2.45, 2.75) is 6.92 Å². The number of nitrogens with zero attached hydrogens (tertiary/aromatic N) is 2. The highest BCUT2D eigenvalue weighted by molar-refractivity contribution is 9.10. The fourth-order valence-electron chi connectivity index (χ4n) is 1.44. The van der Waals surface area contributed by atoms with Gasteiger partial charge in [-0.3, -0.25) is 0 Å². The molecule has 1 N–H and O–H groups in total. The predicted molar refractivity (Wildman–Crippen MR) is 81.2 cm³/mol. The summed E-state index contributed by atoms with van der Waals surface area (Å²) in [7, 11) is 0. The Hall–Kier alpha value is -1.10. The van der Waals surface area contributed by atoms with Crippen LogP contribution in [-0.4, -0.2) is 5.11 Å². The third kappa shape index (κ3) is 3.26. The van der Waals surface area contributed by atoms with E-state index in [1.54, 1.807) is 30.3 Å². The van der Waals surface area contributed by atoms with E-state index in [4.69, 9.17) is 23.2 Å². The Bertz CT molecular complexity index is 659. The highest BCUT2D eigenvalue weighted by Crippen LogP contribution is 2.38. The lowest BCUT2D eigenvalue weighted by Gasteiger charge is -2.03. The Morgan fingerprint density at radius 2 is 1.74 bits per heavy atom. The molecule has 2 rings (SSSR count). The van der Waals surface area contributed by atoms with Crippen LogP contribution in [0.4, 0.5) is 11.4 Å². The number of phenols is 1. The number of phenolic OH excluding ortho intramolecular Hbond substituents is 1. The number of aromatic hydroxyl groups is 1. The van der Waals surface area contributed by atoms with Gasteiger partial charge < -0.3 is 5.11 Å². The summed E-state index contributed by atoms with van der Waals surface area (Å²) >= 11 is 15.1. The second-order valence-corrected chi connectivity index (χ2v) is 5.57. The quantitative estimate of drug-likeness (QED) is 0.638. The third-order valence-electron chi connectivity index (χ3n) is 2.51. The molecule has 0 bridgehead atoms. The van der Waals surface area contributed by atoms with Gasteiger partial charge in [-0.2, -0.15) is 5.11 Å². The number of hydrogen-bond donors (Lipinski definition) is 1. The van der Waals surface area contributed by atoms with E-state index in [2.05, 4.69) is 26.2 Å². The second kappa shape index (κ2) is 5.90. The van der Waals surface area contributed by atoms with E-state index in [0.717, 1.165) is 5.56 Å². The van der Waals surface area contributed by atoms with Crippen molar-refractivity contribution in [3.05, 3.63) is 50.4 Å². The molecule has 0 saturated carbocycles. The molecule has 2 aromatic rings. The summed E-state index contributed by atoms with van der Waals surface area (Å²) in [6.07, 6.45) is 0. The first-order chi connectivity index (χ1) is 8.99. The lowest BCUT2D eigenvalue weighted by Crippen LogP contribution is -1.76. The van der Waals surface area contributed by atoms with Crippen molar-refractivity contribution >= 4 is 50.5 Å². The smallest absolute Gasteiger partial charge is 0.161 e. The van der Waals surface area contributed by atoms with Crippen molar-refractivity contribution in [3.63, 3.8) is 0 Å². The van der Waals surface area contributed by atoms with Gasteiger partial charge in [0.1, 0.15) is 5.69 Å². The predicted octanol–water partition coefficient (Wildman–Crippen LogP) is 6.19. The van der Waals surface area contributed by atoms with Crippen LogP contribution in [0.25, 0.3) is 0 Å². The Balaban J connectivity index is 2.41. The summed E-state index contributed by atoms with van der Waals surface area (Å²) in [4.78, 5) is 0. The van der Waals surface area contributed by atoms with Gasteiger partial charge in [0.15, 0.2) is 5.75 Å². The number of azo groups is 1. The van der Waals surface area contributed by atoms with Gasteiger partial charge in [0.2, 0.25) is 0 Å². The lowest BCUT2D eigenvalue weighted by molar-refractivity contribution is 0.476. The van der Waals surface area contributed by atoms with Crippen molar-refractivity contribution in [2.75, 3.05) is 0 Å². The van der Waals surface area contributed by atoms with Crippen molar-refractivity contribution in [1.82, 2.24) is 0 Å². The van der Waals surface area contributed by atoms with Gasteiger partial charge >= 0.3 is 0 Å². The number of rotatable bonds is 2. The molecule has 0 saturated heterocycles. The summed E-state index contributed by atoms with van der Waals surface area (Å²) in [5.74, 6) is -0.103. The molecule has 0 radical (unpaired) electrons. The van der Waals surface area contributed by atoms with Crippen molar-refractivity contribution < 1.29 is 5.11 Å². The van der Waals surface area contributed by atoms with Gasteiger partial charge in [-0.25, -0.2) is 0 Å². The fourth-order valence-corrected chi connectivity index (χ4v) is 2.40. The van der Waals surface area contributed by atoms with Crippen LogP contribution in [0, 0.1) is 6.92 Å². The SMILES string of the molecule is Cc1c(Cl)cccc1N=Nc1cc(Br)cc(Cl)c1O. The molecule has 19 heavy (non-hydrogen) atoms. The molecule has 0 aliphatic heterocycles. The maximum absolute atomic E-state index is 9.79. The Kier molecular flexibility index (Phi) is 4.45. The number of hydrogen-bond acceptors (Lipinski definition) is 3. The zero-order valence-corrected chi connectivity index (χ0v) is 13.0. The zero-order valence-electron chi connectivity index (χ0n) is 9.86. The fraction of sp³-hybridized carbons (Fsp3) is 0.0769. The molecule has 0 amide bonds. The minimum absolute atomic E-state index is 0.103. The molecule has 6 heteroatoms. The van der Waals surface area contributed by atoms with Crippen molar-refractivity contribution in [1.29, 1.82) is 0 Å². The van der Waals surface area contributed by atoms with Gasteiger partial charge in [0.05, 0.1) is 10.7 Å². The van der Waals surface area contributed by atoms with E-state index in [1.165, 1.54) is 0 Å². The van der Waals surface area contributed by atoms with Crippen LogP contribution in [0.5, 0.6) is 5.75 Å². The topological polar surface area (TPSA) is 45.0 Å². The largest absolute Gasteiger partial charge is 0.504 e. The maximum atomic E-state index is 9.79. The number of halogens is 3. The van der Waals surface area contributed by atoms with E-state index >= 15 is 0 Å². The molecular weight excluding hydrogens is 351 g/mol. The van der Waals surface area contributed by atoms with E-state index in [0.29, 0.717) is 20.9 Å². The van der Waals surface area contributed by atoms with E-state index in [1.807, 2.05) is 6.92 Å². The summed E-state index contributed by atoms with van der Waals surface area (Å²) in [6, 6.07) is 8.58. The first kappa shape index (κ1) is 14.3. The molecule has 0 aliphatic carbocycles. The minimum Gasteiger partial charge on any atom is -0.504 e. The molecule has 3 nitrogen and oxygen atoms in total. The van der Waals surface area contributed by atoms with Crippen LogP contribution >= 0.6 is 39.1 Å². The maximum Gasteiger partial charge on any atom is 0.161 e. The molecule has 0 spiro atoms. The van der Waals surface area contributed by atoms with Crippen molar-refractivity contribution in [2.24, 2.45) is 10.2 Å². The summed E-state index contributed by atoms with van der Waals surface area (Å²) in [5.41, 5.74) is 1.76. The molecule has 0 unspecified atom stereocenters. The van der Waals surface area contributed by atoms with Crippen LogP contribution in [0.2, 0.25) is 10.0 Å². The monoisotopic (exact) mass is 358 g/mol. The molecular formula is C13H9BrCl2N2O. The molecule has 98 valence electrons. The summed E-state index contributed by atoms with van der Waals surface area (Å²) < 4.78 is 0.715. The Morgan fingerprint density at radius 3 is 2.47 bits per heavy atom. The average molecular weight is 360 g/mol. The summed E-state index contributed by atoms with van der Waals surface area (Å²) in [5, 5.41) is 18.7. The first-order valence-corrected chi connectivity index (χ1v) is 6.89. The van der Waals surface area contributed by atoms with E-state index < -0.39 is 0 Å². The first-order valence-electron chi connectivity index (χ1n) is 5.34. The molecule has 0 heterocycles. The third-order valence-corrected chi connectivity index (χ3v) is 3.67.